The van der Waals surface area contributed by atoms with Gasteiger partial charge in [0.2, 0.25) is 0 Å². The lowest BCUT2D eigenvalue weighted by Crippen LogP contribution is -2.15. The summed E-state index contributed by atoms with van der Waals surface area (Å²) in [4.78, 5) is 15.5. The van der Waals surface area contributed by atoms with Gasteiger partial charge in [-0.3, -0.25) is 9.78 Å². The van der Waals surface area contributed by atoms with Gasteiger partial charge in [0.25, 0.3) is 0 Å². The van der Waals surface area contributed by atoms with E-state index in [2.05, 4.69) is 10.3 Å². The first-order valence-electron chi connectivity index (χ1n) is 7.26. The summed E-state index contributed by atoms with van der Waals surface area (Å²) in [5.74, 6) is -1.39. The van der Waals surface area contributed by atoms with E-state index in [9.17, 15) is 9.18 Å². The van der Waals surface area contributed by atoms with E-state index in [0.717, 1.165) is 0 Å². The number of halogens is 1. The highest BCUT2D eigenvalue weighted by Crippen LogP contribution is 2.29. The molecular formula is C16H19FN2O4. The molecule has 2 aromatic rings. The van der Waals surface area contributed by atoms with Crippen LogP contribution in [0.5, 0.6) is 0 Å². The van der Waals surface area contributed by atoms with Crippen LogP contribution in [0.3, 0.4) is 0 Å². The summed E-state index contributed by atoms with van der Waals surface area (Å²) in [6.45, 7) is 2.64. The maximum atomic E-state index is 13.6. The van der Waals surface area contributed by atoms with Crippen molar-refractivity contribution in [3.05, 3.63) is 35.3 Å². The van der Waals surface area contributed by atoms with Crippen molar-refractivity contribution < 1.29 is 24.1 Å². The lowest BCUT2D eigenvalue weighted by Gasteiger charge is -2.16. The van der Waals surface area contributed by atoms with Crippen molar-refractivity contribution in [3.8, 4) is 0 Å². The third-order valence-electron chi connectivity index (χ3n) is 3.37. The predicted octanol–water partition coefficient (Wildman–Crippen LogP) is 1.73. The number of aromatic nitrogens is 1. The summed E-state index contributed by atoms with van der Waals surface area (Å²) in [7, 11) is 0. The molecule has 2 rings (SSSR count). The number of ether oxygens (including phenoxy) is 1. The second-order valence-electron chi connectivity index (χ2n) is 5.05. The minimum atomic E-state index is -0.981. The Balaban J connectivity index is 2.38. The number of nitrogens with one attached hydrogen (secondary N) is 1. The highest BCUT2D eigenvalue weighted by atomic mass is 19.1. The Kier molecular flexibility index (Phi) is 5.84. The molecule has 0 saturated carbocycles. The Morgan fingerprint density at radius 2 is 2.17 bits per heavy atom. The quantitative estimate of drug-likeness (QED) is 0.641. The van der Waals surface area contributed by atoms with Gasteiger partial charge in [-0.2, -0.15) is 0 Å². The fraction of sp³-hybridized carbons (Fsp3) is 0.375. The van der Waals surface area contributed by atoms with E-state index in [1.54, 1.807) is 13.0 Å². The van der Waals surface area contributed by atoms with Crippen LogP contribution in [0.1, 0.15) is 11.3 Å². The van der Waals surface area contributed by atoms with Gasteiger partial charge in [0.1, 0.15) is 5.82 Å². The molecule has 0 bridgehead atoms. The van der Waals surface area contributed by atoms with Crippen molar-refractivity contribution in [3.63, 3.8) is 0 Å². The molecule has 6 nitrogen and oxygen atoms in total. The molecule has 0 amide bonds. The van der Waals surface area contributed by atoms with E-state index in [-0.39, 0.29) is 19.6 Å². The van der Waals surface area contributed by atoms with Gasteiger partial charge in [0.15, 0.2) is 0 Å². The maximum absolute atomic E-state index is 13.6. The Morgan fingerprint density at radius 1 is 1.39 bits per heavy atom. The number of carboxylic acids is 1. The minimum absolute atomic E-state index is 0.0627. The highest BCUT2D eigenvalue weighted by Gasteiger charge is 2.15. The van der Waals surface area contributed by atoms with Crippen molar-refractivity contribution in [2.45, 2.75) is 13.3 Å². The molecule has 1 heterocycles. The molecule has 3 N–H and O–H groups in total. The van der Waals surface area contributed by atoms with E-state index >= 15 is 0 Å². The fourth-order valence-electron chi connectivity index (χ4n) is 2.38. The first kappa shape index (κ1) is 17.1. The van der Waals surface area contributed by atoms with Gasteiger partial charge in [-0.05, 0) is 25.1 Å². The highest BCUT2D eigenvalue weighted by molar-refractivity contribution is 5.94. The number of rotatable bonds is 8. The Hall–Kier alpha value is -2.25. The van der Waals surface area contributed by atoms with Crippen LogP contribution in [0.25, 0.3) is 10.9 Å². The lowest BCUT2D eigenvalue weighted by molar-refractivity contribution is -0.136. The zero-order chi connectivity index (χ0) is 16.8. The minimum Gasteiger partial charge on any atom is -0.481 e. The van der Waals surface area contributed by atoms with Crippen molar-refractivity contribution >= 4 is 22.6 Å². The Labute approximate surface area is 132 Å². The molecule has 0 atom stereocenters. The summed E-state index contributed by atoms with van der Waals surface area (Å²) in [5.41, 5.74) is 2.27. The Bertz CT molecular complexity index is 706. The first-order valence-corrected chi connectivity index (χ1v) is 7.26. The number of aliphatic carboxylic acids is 1. The lowest BCUT2D eigenvalue weighted by atomic mass is 10.0. The van der Waals surface area contributed by atoms with E-state index < -0.39 is 11.8 Å². The SMILES string of the molecule is Cc1nc2ccc(F)cc2c(NCCOCCO)c1CC(=O)O. The standard InChI is InChI=1S/C16H19FN2O4/c1-10-12(9-15(21)22)16(18-4-6-23-7-5-20)13-8-11(17)2-3-14(13)19-10/h2-3,8,20H,4-7,9H2,1H3,(H,18,19)(H,21,22). The van der Waals surface area contributed by atoms with Crippen molar-refractivity contribution in [2.24, 2.45) is 0 Å². The molecule has 0 aliphatic rings. The molecule has 0 aliphatic heterocycles. The molecule has 0 saturated heterocycles. The molecule has 0 spiro atoms. The average Bonchev–Trinajstić information content (AvgIpc) is 2.50. The zero-order valence-electron chi connectivity index (χ0n) is 12.8. The normalized spacial score (nSPS) is 10.9. The number of benzene rings is 1. The van der Waals surface area contributed by atoms with E-state index in [4.69, 9.17) is 14.9 Å². The van der Waals surface area contributed by atoms with E-state index in [0.29, 0.717) is 41.0 Å². The van der Waals surface area contributed by atoms with Crippen molar-refractivity contribution in [1.29, 1.82) is 0 Å². The van der Waals surface area contributed by atoms with Gasteiger partial charge >= 0.3 is 5.97 Å². The molecule has 7 heteroatoms. The van der Waals surface area contributed by atoms with E-state index in [1.807, 2.05) is 0 Å². The summed E-state index contributed by atoms with van der Waals surface area (Å²) >= 11 is 0. The number of fused-ring (bicyclic) bond motifs is 1. The predicted molar refractivity (Wildman–Crippen MR) is 84.2 cm³/mol. The monoisotopic (exact) mass is 322 g/mol. The maximum Gasteiger partial charge on any atom is 0.307 e. The number of hydrogen-bond donors (Lipinski definition) is 3. The number of pyridine rings is 1. The van der Waals surface area contributed by atoms with Crippen LogP contribution in [0, 0.1) is 12.7 Å². The number of aryl methyl sites for hydroxylation is 1. The van der Waals surface area contributed by atoms with Crippen LogP contribution >= 0.6 is 0 Å². The summed E-state index contributed by atoms with van der Waals surface area (Å²) in [6, 6.07) is 4.22. The van der Waals surface area contributed by atoms with Crippen LogP contribution < -0.4 is 5.32 Å². The van der Waals surface area contributed by atoms with Crippen LogP contribution in [-0.4, -0.2) is 47.5 Å². The number of aliphatic hydroxyl groups is 1. The third kappa shape index (κ3) is 4.37. The fourth-order valence-corrected chi connectivity index (χ4v) is 2.38. The van der Waals surface area contributed by atoms with Gasteiger partial charge in [0, 0.05) is 28.9 Å². The number of carboxylic acid groups (broad SMARTS) is 1. The van der Waals surface area contributed by atoms with Crippen molar-refractivity contribution in [1.82, 2.24) is 4.98 Å². The number of hydrogen-bond acceptors (Lipinski definition) is 5. The van der Waals surface area contributed by atoms with Gasteiger partial charge in [-0.15, -0.1) is 0 Å². The number of nitrogens with zero attached hydrogens (tertiary/aromatic N) is 1. The number of carbonyl (C=O) groups is 1. The largest absolute Gasteiger partial charge is 0.481 e. The van der Waals surface area contributed by atoms with E-state index in [1.165, 1.54) is 12.1 Å². The van der Waals surface area contributed by atoms with Gasteiger partial charge in [-0.1, -0.05) is 0 Å². The second kappa shape index (κ2) is 7.85. The van der Waals surface area contributed by atoms with Gasteiger partial charge in [0.05, 0.1) is 31.8 Å². The van der Waals surface area contributed by atoms with Crippen LogP contribution in [0.4, 0.5) is 10.1 Å². The zero-order valence-corrected chi connectivity index (χ0v) is 12.8. The molecule has 0 radical (unpaired) electrons. The molecular weight excluding hydrogens is 303 g/mol. The molecule has 0 aliphatic carbocycles. The molecule has 23 heavy (non-hydrogen) atoms. The molecule has 1 aromatic heterocycles. The molecule has 1 aromatic carbocycles. The van der Waals surface area contributed by atoms with Crippen molar-refractivity contribution in [2.75, 3.05) is 31.7 Å². The summed E-state index contributed by atoms with van der Waals surface area (Å²) in [5, 5.41) is 21.4. The van der Waals surface area contributed by atoms with Crippen LogP contribution in [0.15, 0.2) is 18.2 Å². The first-order chi connectivity index (χ1) is 11.0. The second-order valence-corrected chi connectivity index (χ2v) is 5.05. The number of aliphatic hydroxyl groups excluding tert-OH is 1. The topological polar surface area (TPSA) is 91.7 Å². The molecule has 0 unspecified atom stereocenters. The summed E-state index contributed by atoms with van der Waals surface area (Å²) in [6.07, 6.45) is -0.203. The van der Waals surface area contributed by atoms with Crippen LogP contribution in [0.2, 0.25) is 0 Å². The number of anilines is 1. The third-order valence-corrected chi connectivity index (χ3v) is 3.37. The molecule has 0 fully saturated rings. The summed E-state index contributed by atoms with van der Waals surface area (Å²) < 4.78 is 18.7. The molecule has 124 valence electrons. The Morgan fingerprint density at radius 3 is 2.87 bits per heavy atom. The van der Waals surface area contributed by atoms with Gasteiger partial charge < -0.3 is 20.3 Å². The van der Waals surface area contributed by atoms with Crippen LogP contribution in [-0.2, 0) is 16.0 Å². The smallest absolute Gasteiger partial charge is 0.307 e. The van der Waals surface area contributed by atoms with Gasteiger partial charge in [-0.25, -0.2) is 4.39 Å². The average molecular weight is 322 g/mol.